The first-order chi connectivity index (χ1) is 36.0. The van der Waals surface area contributed by atoms with Gasteiger partial charge in [0.25, 0.3) is 5.56 Å². The first-order valence-corrected chi connectivity index (χ1v) is 25.6. The molecular formula is C48H49F4N11O9S3. The number of alkyl halides is 3. The van der Waals surface area contributed by atoms with E-state index in [2.05, 4.69) is 41.2 Å². The third-order valence-corrected chi connectivity index (χ3v) is 13.8. The number of ketones is 1. The second-order valence-corrected chi connectivity index (χ2v) is 19.2. The molecular weight excluding hydrogens is 1050 g/mol. The molecule has 0 saturated carbocycles. The number of benzene rings is 2. The summed E-state index contributed by atoms with van der Waals surface area (Å²) in [7, 11) is 0. The van der Waals surface area contributed by atoms with Crippen LogP contribution in [0.2, 0.25) is 0 Å². The molecule has 396 valence electrons. The lowest BCUT2D eigenvalue weighted by Crippen LogP contribution is -2.48. The Morgan fingerprint density at radius 2 is 1.52 bits per heavy atom. The van der Waals surface area contributed by atoms with E-state index in [9.17, 15) is 46.3 Å². The summed E-state index contributed by atoms with van der Waals surface area (Å²) in [6.07, 6.45) is -3.89. The highest BCUT2D eigenvalue weighted by Gasteiger charge is 2.36. The molecule has 0 radical (unpaired) electrons. The number of thiophene rings is 2. The van der Waals surface area contributed by atoms with Crippen molar-refractivity contribution < 1.29 is 55.7 Å². The second-order valence-electron chi connectivity index (χ2n) is 16.3. The molecule has 4 amide bonds. The number of H-pyrrole nitrogens is 1. The van der Waals surface area contributed by atoms with Crippen molar-refractivity contribution in [3.8, 4) is 10.6 Å². The zero-order chi connectivity index (χ0) is 53.6. The molecule has 27 heteroatoms. The van der Waals surface area contributed by atoms with Crippen LogP contribution in [0.25, 0.3) is 32.0 Å². The number of imidazole rings is 1. The number of ether oxygens (including phenoxy) is 3. The number of carbonyl (C=O) groups excluding carboxylic acids is 5. The third kappa shape index (κ3) is 14.9. The van der Waals surface area contributed by atoms with Gasteiger partial charge in [-0.2, -0.15) is 18.2 Å². The molecule has 5 heterocycles. The lowest BCUT2D eigenvalue weighted by atomic mass is 10.0. The second kappa shape index (κ2) is 25.8. The molecule has 75 heavy (non-hydrogen) atoms. The Kier molecular flexibility index (Phi) is 19.1. The number of aromatic amines is 1. The fourth-order valence-corrected chi connectivity index (χ4v) is 10.00. The van der Waals surface area contributed by atoms with Crippen LogP contribution in [-0.4, -0.2) is 118 Å². The summed E-state index contributed by atoms with van der Waals surface area (Å²) in [4.78, 5) is 91.9. The molecule has 20 nitrogen and oxygen atoms in total. The number of nitrogen functional groups attached to an aromatic ring is 2. The summed E-state index contributed by atoms with van der Waals surface area (Å²) in [6, 6.07) is 14.5. The summed E-state index contributed by atoms with van der Waals surface area (Å²) in [5, 5.41) is 12.1. The number of nitrogens with one attached hydrogen (secondary N) is 5. The zero-order valence-corrected chi connectivity index (χ0v) is 42.3. The van der Waals surface area contributed by atoms with Gasteiger partial charge in [-0.25, -0.2) is 14.4 Å². The first kappa shape index (κ1) is 55.5. The van der Waals surface area contributed by atoms with Gasteiger partial charge < -0.3 is 46.9 Å². The van der Waals surface area contributed by atoms with E-state index in [-0.39, 0.29) is 113 Å². The predicted molar refractivity (Wildman–Crippen MR) is 275 cm³/mol. The van der Waals surface area contributed by atoms with Gasteiger partial charge in [-0.3, -0.25) is 38.3 Å². The molecule has 1 unspecified atom stereocenters. The molecule has 0 spiro atoms. The molecule has 0 bridgehead atoms. The van der Waals surface area contributed by atoms with Gasteiger partial charge in [0.05, 0.1) is 54.8 Å². The molecule has 0 saturated heterocycles. The van der Waals surface area contributed by atoms with E-state index in [1.54, 1.807) is 34.2 Å². The molecule has 9 N–H and O–H groups in total. The maximum Gasteiger partial charge on any atom is 0.417 e. The predicted octanol–water partition coefficient (Wildman–Crippen LogP) is 5.36. The van der Waals surface area contributed by atoms with Crippen LogP contribution >= 0.6 is 34.4 Å². The Bertz CT molecular complexity index is 3210. The highest BCUT2D eigenvalue weighted by atomic mass is 32.2. The smallest absolute Gasteiger partial charge is 0.397 e. The molecule has 1 atom stereocenters. The van der Waals surface area contributed by atoms with E-state index >= 15 is 0 Å². The van der Waals surface area contributed by atoms with Gasteiger partial charge in [0.1, 0.15) is 21.6 Å². The van der Waals surface area contributed by atoms with Crippen molar-refractivity contribution >= 4 is 103 Å². The van der Waals surface area contributed by atoms with E-state index in [0.717, 1.165) is 29.2 Å². The number of rotatable bonds is 25. The van der Waals surface area contributed by atoms with Gasteiger partial charge in [-0.05, 0) is 72.3 Å². The number of carbonyl (C=O) groups is 5. The molecule has 7 rings (SSSR count). The van der Waals surface area contributed by atoms with E-state index in [1.165, 1.54) is 54.7 Å². The van der Waals surface area contributed by atoms with Crippen LogP contribution in [0.3, 0.4) is 0 Å². The number of thioether (sulfide) groups is 1. The quantitative estimate of drug-likeness (QED) is 0.0125. The number of amides is 4. The van der Waals surface area contributed by atoms with Crippen molar-refractivity contribution in [3.63, 3.8) is 0 Å². The first-order valence-electron chi connectivity index (χ1n) is 23.0. The van der Waals surface area contributed by atoms with Crippen molar-refractivity contribution in [3.05, 3.63) is 110 Å². The number of pyridine rings is 1. The summed E-state index contributed by atoms with van der Waals surface area (Å²) in [6.45, 7) is 3.54. The molecule has 0 aliphatic heterocycles. The van der Waals surface area contributed by atoms with Gasteiger partial charge in [-0.1, -0.05) is 30.0 Å². The minimum absolute atomic E-state index is 0.0278. The molecule has 0 aliphatic carbocycles. The van der Waals surface area contributed by atoms with Crippen LogP contribution in [0.5, 0.6) is 0 Å². The van der Waals surface area contributed by atoms with Crippen molar-refractivity contribution in [2.45, 2.75) is 43.7 Å². The Morgan fingerprint density at radius 1 is 0.853 bits per heavy atom. The molecule has 0 fully saturated rings. The van der Waals surface area contributed by atoms with E-state index in [1.807, 2.05) is 0 Å². The standard InChI is InChI=1S/C48H49F4N11O9S3/c1-26(64)57-33(25-74-47-60-37-40(61-46(54)62-42(37)67)63(47)24-27-6-10-29(49)11-7-27)41(66)55-14-3-16-70-18-20-72-21-19-71-17-4-15-56-43(68)44(69)58-30-12-8-28(9-13-30)38(65)39-36(53)35-31(48(50,51)52)23-32(59-45(35)75-39)34-5-2-22-73-34/h2,5-13,22-23,33H,3-4,14-21,24-25,53H2,1H3,(H,55,66)(H,56,68)(H,57,64)(H,58,69)(H3,54,61,62,67). The normalized spacial score (nSPS) is 12.0. The lowest BCUT2D eigenvalue weighted by molar-refractivity contribution is -0.136. The lowest BCUT2D eigenvalue weighted by Gasteiger charge is -2.17. The number of fused-ring (bicyclic) bond motifs is 2. The number of halogens is 4. The Morgan fingerprint density at radius 3 is 2.16 bits per heavy atom. The van der Waals surface area contributed by atoms with Crippen molar-refractivity contribution in [1.82, 2.24) is 40.5 Å². The van der Waals surface area contributed by atoms with Gasteiger partial charge in [0.15, 0.2) is 16.3 Å². The largest absolute Gasteiger partial charge is 0.417 e. The fourth-order valence-electron chi connectivity index (χ4n) is 7.21. The van der Waals surface area contributed by atoms with Crippen LogP contribution in [0, 0.1) is 5.82 Å². The molecule has 2 aromatic carbocycles. The van der Waals surface area contributed by atoms with E-state index in [4.69, 9.17) is 25.7 Å². The van der Waals surface area contributed by atoms with E-state index in [0.29, 0.717) is 35.0 Å². The molecule has 7 aromatic rings. The monoisotopic (exact) mass is 1100 g/mol. The number of nitrogens with two attached hydrogens (primary N) is 2. The third-order valence-electron chi connectivity index (χ3n) is 10.8. The topological polar surface area (TPSA) is 290 Å². The van der Waals surface area contributed by atoms with E-state index < -0.39 is 58.6 Å². The average molecular weight is 1100 g/mol. The average Bonchev–Trinajstić information content (AvgIpc) is 4.12. The highest BCUT2D eigenvalue weighted by molar-refractivity contribution is 7.99. The molecule has 5 aromatic heterocycles. The summed E-state index contributed by atoms with van der Waals surface area (Å²) >= 11 is 3.10. The summed E-state index contributed by atoms with van der Waals surface area (Å²) in [5.41, 5.74) is 11.4. The van der Waals surface area contributed by atoms with Gasteiger partial charge >= 0.3 is 18.0 Å². The summed E-state index contributed by atoms with van der Waals surface area (Å²) < 4.78 is 74.2. The number of aromatic nitrogens is 5. The minimum Gasteiger partial charge on any atom is -0.397 e. The maximum atomic E-state index is 14.1. The zero-order valence-electron chi connectivity index (χ0n) is 39.8. The SMILES string of the molecule is CC(=O)NC(CSc1nc2c(=O)[nH]c(N)nc2n1Cc1ccc(F)cc1)C(=O)NCCCOCCOCCOCCCNC(=O)C(=O)Nc1ccc(C(=O)c2sc3nc(-c4cccs4)cc(C(F)(F)F)c3c2N)cc1. The van der Waals surface area contributed by atoms with Crippen LogP contribution in [0.1, 0.15) is 46.1 Å². The fraction of sp³-hybridized carbons (Fsp3) is 0.312. The van der Waals surface area contributed by atoms with Crippen molar-refractivity contribution in [2.24, 2.45) is 0 Å². The Hall–Kier alpha value is -7.30. The van der Waals surface area contributed by atoms with Crippen LogP contribution in [-0.2, 0) is 46.1 Å². The van der Waals surface area contributed by atoms with Crippen LogP contribution < -0.4 is 38.3 Å². The minimum atomic E-state index is -4.76. The van der Waals surface area contributed by atoms with Gasteiger partial charge in [-0.15, -0.1) is 22.7 Å². The number of hydrogen-bond donors (Lipinski definition) is 7. The van der Waals surface area contributed by atoms with Crippen molar-refractivity contribution in [2.75, 3.05) is 75.3 Å². The highest BCUT2D eigenvalue weighted by Crippen LogP contribution is 2.44. The number of hydrogen-bond acceptors (Lipinski definition) is 17. The van der Waals surface area contributed by atoms with Crippen LogP contribution in [0.15, 0.2) is 82.1 Å². The summed E-state index contributed by atoms with van der Waals surface area (Å²) in [5.74, 6) is -3.84. The Labute approximate surface area is 436 Å². The number of nitrogens with zero attached hydrogens (tertiary/aromatic N) is 4. The Balaban J connectivity index is 0.736. The van der Waals surface area contributed by atoms with Crippen molar-refractivity contribution in [1.29, 1.82) is 0 Å². The number of anilines is 3. The van der Waals surface area contributed by atoms with Gasteiger partial charge in [0, 0.05) is 55.6 Å². The maximum absolute atomic E-state index is 14.1. The molecule has 0 aliphatic rings. The van der Waals surface area contributed by atoms with Crippen LogP contribution in [0.4, 0.5) is 34.9 Å². The van der Waals surface area contributed by atoms with Gasteiger partial charge in [0.2, 0.25) is 23.5 Å².